The lowest BCUT2D eigenvalue weighted by Crippen LogP contribution is -2.63. The third-order valence-electron chi connectivity index (χ3n) is 12.3. The van der Waals surface area contributed by atoms with Crippen LogP contribution in [0.15, 0.2) is 72.8 Å². The van der Waals surface area contributed by atoms with Crippen molar-refractivity contribution in [3.63, 3.8) is 0 Å². The fourth-order valence-electron chi connectivity index (χ4n) is 9.11. The summed E-state index contributed by atoms with van der Waals surface area (Å²) in [5.74, 6) is 0. The highest BCUT2D eigenvalue weighted by atomic mass is 32.1. The lowest BCUT2D eigenvalue weighted by atomic mass is 9.32. The summed E-state index contributed by atoms with van der Waals surface area (Å²) >= 11 is 2.02. The van der Waals surface area contributed by atoms with Crippen molar-refractivity contribution in [2.75, 3.05) is 4.90 Å². The van der Waals surface area contributed by atoms with Crippen LogP contribution in [0, 0.1) is 0 Å². The fourth-order valence-corrected chi connectivity index (χ4v) is 10.4. The molecule has 8 rings (SSSR count). The van der Waals surface area contributed by atoms with Gasteiger partial charge in [-0.3, -0.25) is 0 Å². The van der Waals surface area contributed by atoms with Crippen LogP contribution in [0.2, 0.25) is 0 Å². The predicted octanol–water partition coefficient (Wildman–Crippen LogP) is 10.8. The maximum atomic E-state index is 2.67. The molecule has 3 heterocycles. The highest BCUT2D eigenvalue weighted by Gasteiger charge is 2.48. The monoisotopic (exact) mass is 649 g/mol. The van der Waals surface area contributed by atoms with Crippen LogP contribution in [0.3, 0.4) is 0 Å². The van der Waals surface area contributed by atoms with Crippen molar-refractivity contribution in [3.8, 4) is 0 Å². The van der Waals surface area contributed by atoms with Crippen molar-refractivity contribution in [1.29, 1.82) is 0 Å². The van der Waals surface area contributed by atoms with Crippen molar-refractivity contribution >= 4 is 60.9 Å². The zero-order valence-electron chi connectivity index (χ0n) is 31.3. The molecular formula is C45H52BNS. The van der Waals surface area contributed by atoms with E-state index in [2.05, 4.69) is 161 Å². The van der Waals surface area contributed by atoms with Gasteiger partial charge in [0.15, 0.2) is 0 Å². The van der Waals surface area contributed by atoms with Gasteiger partial charge in [-0.25, -0.2) is 0 Å². The summed E-state index contributed by atoms with van der Waals surface area (Å²) in [4.78, 5) is 2.67. The molecule has 246 valence electrons. The van der Waals surface area contributed by atoms with Gasteiger partial charge in [0.25, 0.3) is 6.71 Å². The van der Waals surface area contributed by atoms with Crippen molar-refractivity contribution in [3.05, 3.63) is 106 Å². The zero-order chi connectivity index (χ0) is 34.3. The minimum Gasteiger partial charge on any atom is -0.310 e. The van der Waals surface area contributed by atoms with Gasteiger partial charge in [0.1, 0.15) is 0 Å². The summed E-state index contributed by atoms with van der Waals surface area (Å²) < 4.78 is 2.86. The van der Waals surface area contributed by atoms with Crippen molar-refractivity contribution < 1.29 is 0 Å². The first-order valence-corrected chi connectivity index (χ1v) is 18.9. The Morgan fingerprint density at radius 2 is 1.27 bits per heavy atom. The Balaban J connectivity index is 1.48. The minimum absolute atomic E-state index is 0.0675. The van der Waals surface area contributed by atoms with E-state index in [1.807, 2.05) is 11.3 Å². The van der Waals surface area contributed by atoms with Gasteiger partial charge >= 0.3 is 0 Å². The third kappa shape index (κ3) is 4.48. The Kier molecular flexibility index (Phi) is 6.59. The van der Waals surface area contributed by atoms with Gasteiger partial charge in [0.2, 0.25) is 0 Å². The van der Waals surface area contributed by atoms with E-state index in [-0.39, 0.29) is 33.8 Å². The number of hydrogen-bond acceptors (Lipinski definition) is 2. The number of benzene rings is 4. The number of rotatable bonds is 1. The van der Waals surface area contributed by atoms with E-state index in [1.165, 1.54) is 89.1 Å². The van der Waals surface area contributed by atoms with E-state index in [4.69, 9.17) is 0 Å². The second-order valence-electron chi connectivity index (χ2n) is 19.0. The number of fused-ring (bicyclic) bond motifs is 7. The minimum atomic E-state index is -0.102. The van der Waals surface area contributed by atoms with Gasteiger partial charge in [-0.2, -0.15) is 0 Å². The topological polar surface area (TPSA) is 3.24 Å². The number of anilines is 3. The molecule has 0 fully saturated rings. The highest BCUT2D eigenvalue weighted by molar-refractivity contribution is 7.33. The summed E-state index contributed by atoms with van der Waals surface area (Å²) in [6.07, 6.45) is 2.44. The molecule has 3 aliphatic rings. The molecule has 5 aromatic rings. The van der Waals surface area contributed by atoms with Crippen LogP contribution in [-0.4, -0.2) is 6.71 Å². The van der Waals surface area contributed by atoms with E-state index >= 15 is 0 Å². The molecule has 1 aliphatic carbocycles. The van der Waals surface area contributed by atoms with Crippen molar-refractivity contribution in [1.82, 2.24) is 0 Å². The lowest BCUT2D eigenvalue weighted by Gasteiger charge is -2.46. The van der Waals surface area contributed by atoms with Crippen LogP contribution in [0.5, 0.6) is 0 Å². The van der Waals surface area contributed by atoms with E-state index in [9.17, 15) is 0 Å². The van der Waals surface area contributed by atoms with Crippen LogP contribution in [0.1, 0.15) is 129 Å². The van der Waals surface area contributed by atoms with E-state index < -0.39 is 0 Å². The standard InChI is InChI=1S/C45H52BNS/c1-41(2,3)27-17-21-37-30(24-27)39-40(48-37)46-35-25-28(42(4,5)6)16-19-32(35)45(11,12)33-14-13-15-36(38(33)46)47(39)29-18-20-31-34(26-29)44(9,10)23-22-43(31,7)8/h13-21,24-26H,22-23H2,1-12H3. The molecule has 48 heavy (non-hydrogen) atoms. The van der Waals surface area contributed by atoms with Crippen LogP contribution in [0.4, 0.5) is 17.1 Å². The second kappa shape index (κ2) is 9.90. The largest absolute Gasteiger partial charge is 0.310 e. The van der Waals surface area contributed by atoms with Crippen molar-refractivity contribution in [2.24, 2.45) is 0 Å². The average Bonchev–Trinajstić information content (AvgIpc) is 3.38. The first kappa shape index (κ1) is 31.9. The van der Waals surface area contributed by atoms with Gasteiger partial charge in [-0.1, -0.05) is 131 Å². The smallest absolute Gasteiger partial charge is 0.260 e. The van der Waals surface area contributed by atoms with Gasteiger partial charge < -0.3 is 4.90 Å². The van der Waals surface area contributed by atoms with Crippen LogP contribution < -0.4 is 20.6 Å². The molecular weight excluding hydrogens is 597 g/mol. The normalized spacial score (nSPS) is 18.7. The Labute approximate surface area is 293 Å². The molecule has 0 amide bonds. The quantitative estimate of drug-likeness (QED) is 0.160. The van der Waals surface area contributed by atoms with E-state index in [0.717, 1.165) is 0 Å². The molecule has 0 bridgehead atoms. The third-order valence-corrected chi connectivity index (χ3v) is 13.5. The van der Waals surface area contributed by atoms with Gasteiger partial charge in [0.05, 0.1) is 5.69 Å². The summed E-state index contributed by atoms with van der Waals surface area (Å²) in [6.45, 7) is 28.9. The Morgan fingerprint density at radius 3 is 1.96 bits per heavy atom. The summed E-state index contributed by atoms with van der Waals surface area (Å²) in [5, 5.41) is 1.38. The number of thiophene rings is 1. The molecule has 3 heteroatoms. The second-order valence-corrected chi connectivity index (χ2v) is 20.0. The molecule has 0 atom stereocenters. The molecule has 4 aromatic carbocycles. The lowest BCUT2D eigenvalue weighted by molar-refractivity contribution is 0.332. The molecule has 0 radical (unpaired) electrons. The Bertz CT molecular complexity index is 2140. The maximum absolute atomic E-state index is 2.67. The Morgan fingerprint density at radius 1 is 0.646 bits per heavy atom. The molecule has 2 aliphatic heterocycles. The van der Waals surface area contributed by atoms with Gasteiger partial charge in [-0.15, -0.1) is 11.3 Å². The number of nitrogens with zero attached hydrogens (tertiary/aromatic N) is 1. The van der Waals surface area contributed by atoms with Crippen LogP contribution in [0.25, 0.3) is 10.1 Å². The summed E-state index contributed by atoms with van der Waals surface area (Å²) in [6, 6.07) is 29.3. The highest BCUT2D eigenvalue weighted by Crippen LogP contribution is 2.51. The maximum Gasteiger partial charge on any atom is 0.260 e. The van der Waals surface area contributed by atoms with Crippen molar-refractivity contribution in [2.45, 2.75) is 123 Å². The van der Waals surface area contributed by atoms with E-state index in [1.54, 1.807) is 0 Å². The Hall–Kier alpha value is -3.30. The first-order chi connectivity index (χ1) is 22.3. The van der Waals surface area contributed by atoms with E-state index in [0.29, 0.717) is 0 Å². The molecule has 0 saturated carbocycles. The molecule has 0 unspecified atom stereocenters. The number of hydrogen-bond donors (Lipinski definition) is 0. The zero-order valence-corrected chi connectivity index (χ0v) is 32.1. The molecule has 0 spiro atoms. The molecule has 0 saturated heterocycles. The predicted molar refractivity (Wildman–Crippen MR) is 212 cm³/mol. The van der Waals surface area contributed by atoms with Gasteiger partial charge in [0, 0.05) is 31.7 Å². The summed E-state index contributed by atoms with van der Waals surface area (Å²) in [5.41, 5.74) is 16.1. The van der Waals surface area contributed by atoms with Gasteiger partial charge in [-0.05, 0) is 104 Å². The van der Waals surface area contributed by atoms with Crippen LogP contribution in [-0.2, 0) is 27.1 Å². The molecule has 1 aromatic heterocycles. The molecule has 1 nitrogen and oxygen atoms in total. The average molecular weight is 650 g/mol. The fraction of sp³-hybridized carbons (Fsp3) is 0.422. The van der Waals surface area contributed by atoms with Crippen LogP contribution >= 0.6 is 11.3 Å². The first-order valence-electron chi connectivity index (χ1n) is 18.1. The molecule has 0 N–H and O–H groups in total. The SMILES string of the molecule is CC(C)(C)c1ccc2c(c1)B1c3sc4ccc(C(C)(C)C)cc4c3N(c3ccc4c(c3)C(C)(C)CCC4(C)C)c3cccc(c31)C2(C)C. The summed E-state index contributed by atoms with van der Waals surface area (Å²) in [7, 11) is 0.